The van der Waals surface area contributed by atoms with Crippen LogP contribution in [0.2, 0.25) is 0 Å². The first-order valence-electron chi connectivity index (χ1n) is 5.32. The fourth-order valence-corrected chi connectivity index (χ4v) is 1.44. The molecule has 0 spiro atoms. The van der Waals surface area contributed by atoms with E-state index in [1.807, 2.05) is 6.92 Å². The third kappa shape index (κ3) is 2.67. The summed E-state index contributed by atoms with van der Waals surface area (Å²) in [5.74, 6) is 0.298. The predicted molar refractivity (Wildman–Crippen MR) is 60.3 cm³/mol. The normalized spacial score (nSPS) is 12.0. The van der Waals surface area contributed by atoms with Crippen LogP contribution in [0.5, 0.6) is 5.75 Å². The van der Waals surface area contributed by atoms with E-state index in [2.05, 4.69) is 20.8 Å². The first-order valence-corrected chi connectivity index (χ1v) is 5.32. The summed E-state index contributed by atoms with van der Waals surface area (Å²) >= 11 is 0. The van der Waals surface area contributed by atoms with Crippen molar-refractivity contribution >= 4 is 0 Å². The fraction of sp³-hybridized carbons (Fsp3) is 0.667. The Balaban J connectivity index is 2.74. The van der Waals surface area contributed by atoms with Gasteiger partial charge in [0.2, 0.25) is 5.43 Å². The van der Waals surface area contributed by atoms with Crippen LogP contribution in [0, 0.1) is 5.41 Å². The van der Waals surface area contributed by atoms with Gasteiger partial charge in [-0.3, -0.25) is 9.59 Å². The van der Waals surface area contributed by atoms with Crippen LogP contribution in [-0.2, 0) is 6.42 Å². The van der Waals surface area contributed by atoms with Crippen LogP contribution < -0.4 is 15.6 Å². The second kappa shape index (κ2) is 4.17. The molecule has 0 fully saturated rings. The Morgan fingerprint density at radius 2 is 1.73 bits per heavy atom. The summed E-state index contributed by atoms with van der Waals surface area (Å²) in [5.41, 5.74) is -0.0660. The maximum atomic E-state index is 11.3. The quantitative estimate of drug-likeness (QED) is 0.710. The molecule has 1 rings (SSSR count). The molecule has 0 saturated heterocycles. The van der Waals surface area contributed by atoms with E-state index in [0.717, 1.165) is 6.42 Å². The highest BCUT2D eigenvalue weighted by Gasteiger charge is 2.23. The maximum absolute atomic E-state index is 11.3. The zero-order chi connectivity index (χ0) is 11.6. The van der Waals surface area contributed by atoms with E-state index in [4.69, 9.17) is 4.74 Å². The molecule has 0 aliphatic carbocycles. The highest BCUT2D eigenvalue weighted by atomic mass is 16.5. The van der Waals surface area contributed by atoms with Gasteiger partial charge in [-0.15, -0.1) is 0 Å². The van der Waals surface area contributed by atoms with Crippen LogP contribution in [0.4, 0.5) is 0 Å². The van der Waals surface area contributed by atoms with Gasteiger partial charge in [0, 0.05) is 0 Å². The van der Waals surface area contributed by atoms with Crippen molar-refractivity contribution in [3.8, 4) is 5.75 Å². The molecule has 0 atom stereocenters. The largest absolute Gasteiger partial charge is 0.489 e. The third-order valence-electron chi connectivity index (χ3n) is 2.37. The van der Waals surface area contributed by atoms with Crippen molar-refractivity contribution < 1.29 is 4.74 Å². The van der Waals surface area contributed by atoms with E-state index in [1.165, 1.54) is 0 Å². The van der Waals surface area contributed by atoms with E-state index in [-0.39, 0.29) is 10.8 Å². The SMILES string of the molecule is CCOc1c(CCC(C)(C)C)c(=O)c1=O. The molecular weight excluding hydrogens is 192 g/mol. The second-order valence-corrected chi connectivity index (χ2v) is 4.96. The van der Waals surface area contributed by atoms with Crippen LogP contribution in [0.3, 0.4) is 0 Å². The molecule has 0 aliphatic rings. The molecule has 0 N–H and O–H groups in total. The summed E-state index contributed by atoms with van der Waals surface area (Å²) in [5, 5.41) is 0. The zero-order valence-corrected chi connectivity index (χ0v) is 9.85. The topological polar surface area (TPSA) is 43.4 Å². The lowest BCUT2D eigenvalue weighted by Crippen LogP contribution is -2.37. The summed E-state index contributed by atoms with van der Waals surface area (Å²) in [4.78, 5) is 22.4. The van der Waals surface area contributed by atoms with Crippen LogP contribution in [0.15, 0.2) is 9.59 Å². The summed E-state index contributed by atoms with van der Waals surface area (Å²) < 4.78 is 5.15. The lowest BCUT2D eigenvalue weighted by molar-refractivity contribution is 0.321. The molecule has 0 bridgehead atoms. The standard InChI is InChI=1S/C12H18O3/c1-5-15-11-8(9(13)10(11)14)6-7-12(2,3)4/h5-7H2,1-4H3. The van der Waals surface area contributed by atoms with Crippen LogP contribution in [0.25, 0.3) is 0 Å². The molecule has 3 heteroatoms. The van der Waals surface area contributed by atoms with Gasteiger partial charge in [-0.25, -0.2) is 0 Å². The van der Waals surface area contributed by atoms with Gasteiger partial charge in [0.1, 0.15) is 0 Å². The van der Waals surface area contributed by atoms with E-state index in [1.54, 1.807) is 0 Å². The molecule has 0 saturated carbocycles. The van der Waals surface area contributed by atoms with Crippen molar-refractivity contribution in [2.75, 3.05) is 6.61 Å². The third-order valence-corrected chi connectivity index (χ3v) is 2.37. The number of ether oxygens (including phenoxy) is 1. The van der Waals surface area contributed by atoms with Crippen molar-refractivity contribution in [1.29, 1.82) is 0 Å². The second-order valence-electron chi connectivity index (χ2n) is 4.96. The van der Waals surface area contributed by atoms with Gasteiger partial charge < -0.3 is 4.74 Å². The Morgan fingerprint density at radius 3 is 2.20 bits per heavy atom. The molecule has 0 heterocycles. The van der Waals surface area contributed by atoms with Crippen molar-refractivity contribution in [2.45, 2.75) is 40.5 Å². The molecule has 0 unspecified atom stereocenters. The molecule has 0 amide bonds. The Hall–Kier alpha value is -1.12. The maximum Gasteiger partial charge on any atom is 0.268 e. The van der Waals surface area contributed by atoms with Gasteiger partial charge in [-0.05, 0) is 25.2 Å². The minimum Gasteiger partial charge on any atom is -0.489 e. The Kier molecular flexibility index (Phi) is 3.32. The van der Waals surface area contributed by atoms with Gasteiger partial charge >= 0.3 is 0 Å². The van der Waals surface area contributed by atoms with Gasteiger partial charge in [-0.1, -0.05) is 20.8 Å². The lowest BCUT2D eigenvalue weighted by atomic mass is 9.87. The molecule has 1 aromatic rings. The first kappa shape index (κ1) is 12.0. The van der Waals surface area contributed by atoms with Crippen molar-refractivity contribution in [3.05, 3.63) is 26.0 Å². The van der Waals surface area contributed by atoms with E-state index < -0.39 is 5.43 Å². The van der Waals surface area contributed by atoms with E-state index >= 15 is 0 Å². The Bertz CT molecular complexity index is 403. The Labute approximate surface area is 89.8 Å². The molecule has 0 aliphatic heterocycles. The first-order chi connectivity index (χ1) is 6.87. The van der Waals surface area contributed by atoms with Gasteiger partial charge in [0.25, 0.3) is 5.43 Å². The minimum atomic E-state index is -0.458. The monoisotopic (exact) mass is 210 g/mol. The predicted octanol–water partition coefficient (Wildman–Crippen LogP) is 1.66. The zero-order valence-electron chi connectivity index (χ0n) is 9.85. The summed E-state index contributed by atoms with van der Waals surface area (Å²) in [7, 11) is 0. The average Bonchev–Trinajstić information content (AvgIpc) is 2.14. The van der Waals surface area contributed by atoms with E-state index in [9.17, 15) is 9.59 Å². The van der Waals surface area contributed by atoms with Crippen molar-refractivity contribution in [2.24, 2.45) is 5.41 Å². The molecule has 0 radical (unpaired) electrons. The summed E-state index contributed by atoms with van der Waals surface area (Å²) in [6, 6.07) is 0. The summed E-state index contributed by atoms with van der Waals surface area (Å²) in [6.45, 7) is 8.58. The van der Waals surface area contributed by atoms with Crippen LogP contribution in [0.1, 0.15) is 39.7 Å². The summed E-state index contributed by atoms with van der Waals surface area (Å²) in [6.07, 6.45) is 1.53. The smallest absolute Gasteiger partial charge is 0.268 e. The fourth-order valence-electron chi connectivity index (χ4n) is 1.44. The van der Waals surface area contributed by atoms with E-state index in [0.29, 0.717) is 24.3 Å². The van der Waals surface area contributed by atoms with Crippen molar-refractivity contribution in [3.63, 3.8) is 0 Å². The lowest BCUT2D eigenvalue weighted by Gasteiger charge is -2.19. The Morgan fingerprint density at radius 1 is 1.13 bits per heavy atom. The molecular formula is C12H18O3. The van der Waals surface area contributed by atoms with Gasteiger partial charge in [-0.2, -0.15) is 0 Å². The molecule has 0 aromatic heterocycles. The number of hydrogen-bond donors (Lipinski definition) is 0. The molecule has 84 valence electrons. The average molecular weight is 210 g/mol. The van der Waals surface area contributed by atoms with Crippen molar-refractivity contribution in [1.82, 2.24) is 0 Å². The number of hydrogen-bond acceptors (Lipinski definition) is 3. The van der Waals surface area contributed by atoms with Crippen LogP contribution in [-0.4, -0.2) is 6.61 Å². The number of rotatable bonds is 4. The molecule has 3 nitrogen and oxygen atoms in total. The van der Waals surface area contributed by atoms with Gasteiger partial charge in [0.15, 0.2) is 5.75 Å². The van der Waals surface area contributed by atoms with Crippen LogP contribution >= 0.6 is 0 Å². The highest BCUT2D eigenvalue weighted by Crippen LogP contribution is 2.23. The molecule has 1 aromatic carbocycles. The molecule has 15 heavy (non-hydrogen) atoms. The highest BCUT2D eigenvalue weighted by molar-refractivity contribution is 5.39. The minimum absolute atomic E-state index is 0.170. The van der Waals surface area contributed by atoms with Gasteiger partial charge in [0.05, 0.1) is 12.2 Å².